The van der Waals surface area contributed by atoms with Gasteiger partial charge >= 0.3 is 0 Å². The molecule has 1 aliphatic rings. The highest BCUT2D eigenvalue weighted by atomic mass is 16.5. The highest BCUT2D eigenvalue weighted by Crippen LogP contribution is 2.36. The van der Waals surface area contributed by atoms with Crippen molar-refractivity contribution in [2.75, 3.05) is 19.6 Å². The number of amides is 1. The number of benzene rings is 3. The van der Waals surface area contributed by atoms with E-state index in [1.54, 1.807) is 31.4 Å². The van der Waals surface area contributed by atoms with Gasteiger partial charge in [0.1, 0.15) is 5.82 Å². The third-order valence-electron chi connectivity index (χ3n) is 6.34. The zero-order chi connectivity index (χ0) is 23.7. The summed E-state index contributed by atoms with van der Waals surface area (Å²) in [5.74, 6) is 1.24. The van der Waals surface area contributed by atoms with Crippen molar-refractivity contribution in [1.29, 1.82) is 0 Å². The van der Waals surface area contributed by atoms with Crippen LogP contribution in [0.3, 0.4) is 0 Å². The maximum atomic E-state index is 13.5. The maximum Gasteiger partial charge on any atom is 0.280 e. The number of methoxy groups -OCH3 is 2. The molecule has 0 aliphatic heterocycles. The molecule has 0 radical (unpaired) electrons. The summed E-state index contributed by atoms with van der Waals surface area (Å²) >= 11 is 0. The van der Waals surface area contributed by atoms with Gasteiger partial charge in [-0.05, 0) is 42.2 Å². The minimum atomic E-state index is -0.371. The molecule has 1 heterocycles. The molecule has 1 amide bonds. The fraction of sp³-hybridized carbons (Fsp3) is 0.222. The lowest BCUT2D eigenvalue weighted by molar-refractivity contribution is 0.100. The van der Waals surface area contributed by atoms with Crippen LogP contribution in [-0.4, -0.2) is 29.8 Å². The van der Waals surface area contributed by atoms with Gasteiger partial charge in [-0.1, -0.05) is 48.9 Å². The highest BCUT2D eigenvalue weighted by Gasteiger charge is 2.27. The summed E-state index contributed by atoms with van der Waals surface area (Å²) in [6, 6.07) is 20.6. The molecule has 3 aromatic carbocycles. The molecule has 1 aromatic heterocycles. The van der Waals surface area contributed by atoms with Gasteiger partial charge in [-0.2, -0.15) is 0 Å². The Balaban J connectivity index is 1.52. The number of nitrogens with one attached hydrogen (secondary N) is 1. The Morgan fingerprint density at radius 1 is 0.941 bits per heavy atom. The van der Waals surface area contributed by atoms with Gasteiger partial charge in [-0.25, -0.2) is 9.66 Å². The largest absolute Gasteiger partial charge is 0.493 e. The lowest BCUT2D eigenvalue weighted by Crippen LogP contribution is -2.38. The van der Waals surface area contributed by atoms with E-state index in [1.165, 1.54) is 11.8 Å². The van der Waals surface area contributed by atoms with Crippen LogP contribution >= 0.6 is 0 Å². The maximum absolute atomic E-state index is 13.5. The second kappa shape index (κ2) is 9.02. The number of ether oxygens (including phenoxy) is 2. The zero-order valence-corrected chi connectivity index (χ0v) is 19.1. The van der Waals surface area contributed by atoms with Crippen LogP contribution in [0.15, 0.2) is 71.5 Å². The molecule has 172 valence electrons. The molecule has 1 fully saturated rings. The summed E-state index contributed by atoms with van der Waals surface area (Å²) in [6.45, 7) is 0. The van der Waals surface area contributed by atoms with Crippen LogP contribution in [0.2, 0.25) is 0 Å². The van der Waals surface area contributed by atoms with Crippen LogP contribution in [-0.2, 0) is 0 Å². The van der Waals surface area contributed by atoms with Crippen LogP contribution in [0.25, 0.3) is 22.0 Å². The quantitative estimate of drug-likeness (QED) is 0.454. The molecule has 5 rings (SSSR count). The molecule has 1 aliphatic carbocycles. The van der Waals surface area contributed by atoms with Gasteiger partial charge in [0.05, 0.1) is 25.1 Å². The lowest BCUT2D eigenvalue weighted by Gasteiger charge is -2.27. The van der Waals surface area contributed by atoms with E-state index in [1.807, 2.05) is 42.5 Å². The number of hydrogen-bond donors (Lipinski definition) is 1. The van der Waals surface area contributed by atoms with E-state index in [2.05, 4.69) is 5.43 Å². The summed E-state index contributed by atoms with van der Waals surface area (Å²) in [5.41, 5.74) is 5.50. The van der Waals surface area contributed by atoms with Crippen LogP contribution in [0.4, 0.5) is 0 Å². The predicted octanol–water partition coefficient (Wildman–Crippen LogP) is 4.73. The minimum Gasteiger partial charge on any atom is -0.493 e. The first-order valence-corrected chi connectivity index (χ1v) is 11.2. The number of rotatable bonds is 6. The Bertz CT molecular complexity index is 1410. The Morgan fingerprint density at radius 2 is 1.59 bits per heavy atom. The first-order valence-electron chi connectivity index (χ1n) is 11.2. The Hall–Kier alpha value is -4.13. The summed E-state index contributed by atoms with van der Waals surface area (Å²) in [4.78, 5) is 31.3. The molecule has 0 saturated heterocycles. The van der Waals surface area contributed by atoms with E-state index in [4.69, 9.17) is 14.5 Å². The summed E-state index contributed by atoms with van der Waals surface area (Å²) in [7, 11) is 3.06. The van der Waals surface area contributed by atoms with E-state index in [0.29, 0.717) is 33.8 Å². The lowest BCUT2D eigenvalue weighted by atomic mass is 9.84. The molecule has 1 N–H and O–H groups in total. The van der Waals surface area contributed by atoms with Crippen molar-refractivity contribution in [2.24, 2.45) is 0 Å². The third kappa shape index (κ3) is 3.90. The van der Waals surface area contributed by atoms with Gasteiger partial charge in [-0.3, -0.25) is 15.0 Å². The van der Waals surface area contributed by atoms with Crippen LogP contribution in [0.1, 0.15) is 41.4 Å². The van der Waals surface area contributed by atoms with Gasteiger partial charge in [0.25, 0.3) is 11.5 Å². The zero-order valence-electron chi connectivity index (χ0n) is 19.1. The molecule has 0 bridgehead atoms. The van der Waals surface area contributed by atoms with Crippen molar-refractivity contribution >= 4 is 16.8 Å². The molecule has 0 spiro atoms. The van der Waals surface area contributed by atoms with Crippen LogP contribution < -0.4 is 20.5 Å². The van der Waals surface area contributed by atoms with Crippen LogP contribution in [0.5, 0.6) is 11.5 Å². The standard InChI is InChI=1S/C27H25N3O4/c1-33-23-15-21-22(16-24(23)34-2)28-25(19-9-6-10-19)30(27(21)32)29-26(31)20-13-11-18(12-14-20)17-7-4-3-5-8-17/h3-5,7-8,11-16,19H,6,9-10H2,1-2H3,(H,29,31). The van der Waals surface area contributed by atoms with E-state index >= 15 is 0 Å². The van der Waals surface area contributed by atoms with Crippen molar-refractivity contribution in [3.05, 3.63) is 88.5 Å². The van der Waals surface area contributed by atoms with Crippen LogP contribution in [0, 0.1) is 0 Å². The Morgan fingerprint density at radius 3 is 2.21 bits per heavy atom. The van der Waals surface area contributed by atoms with Crippen molar-refractivity contribution in [3.8, 4) is 22.6 Å². The van der Waals surface area contributed by atoms with Gasteiger partial charge in [0, 0.05) is 17.5 Å². The van der Waals surface area contributed by atoms with Gasteiger partial charge < -0.3 is 9.47 Å². The second-order valence-corrected chi connectivity index (χ2v) is 8.35. The van der Waals surface area contributed by atoms with E-state index in [9.17, 15) is 9.59 Å². The molecule has 7 nitrogen and oxygen atoms in total. The van der Waals surface area contributed by atoms with Crippen molar-refractivity contribution in [3.63, 3.8) is 0 Å². The highest BCUT2D eigenvalue weighted by molar-refractivity contribution is 6.00. The summed E-state index contributed by atoms with van der Waals surface area (Å²) in [6.07, 6.45) is 2.92. The first kappa shape index (κ1) is 21.7. The smallest absolute Gasteiger partial charge is 0.280 e. The topological polar surface area (TPSA) is 82.5 Å². The third-order valence-corrected chi connectivity index (χ3v) is 6.34. The SMILES string of the molecule is COc1cc2nc(C3CCC3)n(NC(=O)c3ccc(-c4ccccc4)cc3)c(=O)c2cc1OC. The first-order chi connectivity index (χ1) is 16.6. The Labute approximate surface area is 196 Å². The Kier molecular flexibility index (Phi) is 5.76. The van der Waals surface area contributed by atoms with Gasteiger partial charge in [-0.15, -0.1) is 0 Å². The van der Waals surface area contributed by atoms with E-state index in [0.717, 1.165) is 30.4 Å². The van der Waals surface area contributed by atoms with Crippen molar-refractivity contribution in [1.82, 2.24) is 9.66 Å². The molecular formula is C27H25N3O4. The van der Waals surface area contributed by atoms with Gasteiger partial charge in [0.2, 0.25) is 0 Å². The van der Waals surface area contributed by atoms with Crippen molar-refractivity contribution < 1.29 is 14.3 Å². The number of carbonyl (C=O) groups excluding carboxylic acids is 1. The molecule has 4 aromatic rings. The molecule has 1 saturated carbocycles. The number of hydrogen-bond acceptors (Lipinski definition) is 5. The van der Waals surface area contributed by atoms with Gasteiger partial charge in [0.15, 0.2) is 11.5 Å². The molecule has 0 atom stereocenters. The molecule has 34 heavy (non-hydrogen) atoms. The molecule has 7 heteroatoms. The molecule has 0 unspecified atom stereocenters. The van der Waals surface area contributed by atoms with Crippen molar-refractivity contribution in [2.45, 2.75) is 25.2 Å². The average Bonchev–Trinajstić information content (AvgIpc) is 2.85. The normalized spacial score (nSPS) is 13.4. The number of aromatic nitrogens is 2. The average molecular weight is 456 g/mol. The monoisotopic (exact) mass is 455 g/mol. The molecular weight excluding hydrogens is 430 g/mol. The fourth-order valence-electron chi connectivity index (χ4n) is 4.19. The van der Waals surface area contributed by atoms with E-state index in [-0.39, 0.29) is 17.4 Å². The van der Waals surface area contributed by atoms with E-state index < -0.39 is 0 Å². The summed E-state index contributed by atoms with van der Waals surface area (Å²) in [5, 5.41) is 0.348. The number of fused-ring (bicyclic) bond motifs is 1. The second-order valence-electron chi connectivity index (χ2n) is 8.35. The summed E-state index contributed by atoms with van der Waals surface area (Å²) < 4.78 is 12.0. The fourth-order valence-corrected chi connectivity index (χ4v) is 4.19. The predicted molar refractivity (Wildman–Crippen MR) is 131 cm³/mol. The minimum absolute atomic E-state index is 0.117. The number of nitrogens with zero attached hydrogens (tertiary/aromatic N) is 2. The number of carbonyl (C=O) groups is 1.